The first kappa shape index (κ1) is 22.6. The van der Waals surface area contributed by atoms with E-state index in [-0.39, 0.29) is 0 Å². The van der Waals surface area contributed by atoms with Gasteiger partial charge in [-0.1, -0.05) is 54.6 Å². The van der Waals surface area contributed by atoms with Crippen molar-refractivity contribution in [3.05, 3.63) is 84.4 Å². The van der Waals surface area contributed by atoms with E-state index in [0.717, 1.165) is 33.6 Å². The number of nitrogens with zero attached hydrogens (tertiary/aromatic N) is 6. The quantitative estimate of drug-likeness (QED) is 0.370. The predicted molar refractivity (Wildman–Crippen MR) is 140 cm³/mol. The van der Waals surface area contributed by atoms with Gasteiger partial charge in [-0.25, -0.2) is 17.8 Å². The number of hydrogen-bond donors (Lipinski definition) is 0. The van der Waals surface area contributed by atoms with Crippen LogP contribution >= 0.6 is 0 Å². The summed E-state index contributed by atoms with van der Waals surface area (Å²) in [7, 11) is -3.58. The number of anilines is 1. The summed E-state index contributed by atoms with van der Waals surface area (Å²) in [6, 6.07) is 25.0. The van der Waals surface area contributed by atoms with Crippen molar-refractivity contribution in [3.8, 4) is 11.4 Å². The predicted octanol–water partition coefficient (Wildman–Crippen LogP) is 4.15. The fourth-order valence-corrected chi connectivity index (χ4v) is 6.39. The highest BCUT2D eigenvalue weighted by Gasteiger charge is 2.29. The molecule has 1 fully saturated rings. The van der Waals surface area contributed by atoms with Crippen LogP contribution in [-0.2, 0) is 10.0 Å². The highest BCUT2D eigenvalue weighted by Crippen LogP contribution is 2.29. The minimum atomic E-state index is -3.58. The maximum Gasteiger partial charge on any atom is 0.243 e. The number of hydrogen-bond acceptors (Lipinski definition) is 6. The molecule has 0 radical (unpaired) electrons. The molecule has 3 aromatic carbocycles. The summed E-state index contributed by atoms with van der Waals surface area (Å²) in [4.78, 5) is 7.52. The maximum absolute atomic E-state index is 13.4. The summed E-state index contributed by atoms with van der Waals surface area (Å²) in [5.41, 5.74) is 3.45. The zero-order chi connectivity index (χ0) is 24.7. The highest BCUT2D eigenvalue weighted by atomic mass is 32.2. The molecule has 8 nitrogen and oxygen atoms in total. The zero-order valence-electron chi connectivity index (χ0n) is 19.9. The summed E-state index contributed by atoms with van der Waals surface area (Å²) in [6.45, 7) is 3.92. The van der Waals surface area contributed by atoms with Crippen molar-refractivity contribution < 1.29 is 8.42 Å². The van der Waals surface area contributed by atoms with Gasteiger partial charge in [0.2, 0.25) is 16.0 Å². The van der Waals surface area contributed by atoms with Gasteiger partial charge in [0.1, 0.15) is 0 Å². The largest absolute Gasteiger partial charge is 0.340 e. The monoisotopic (exact) mass is 498 g/mol. The van der Waals surface area contributed by atoms with E-state index in [1.807, 2.05) is 72.0 Å². The lowest BCUT2D eigenvalue weighted by molar-refractivity contribution is 0.433. The normalized spacial score (nSPS) is 15.4. The van der Waals surface area contributed by atoms with E-state index >= 15 is 0 Å². The number of aryl methyl sites for hydroxylation is 1. The Balaban J connectivity index is 1.42. The molecule has 182 valence electrons. The Morgan fingerprint density at radius 1 is 0.806 bits per heavy atom. The SMILES string of the molecule is Cc1cccc(S(=O)(=O)N2CCCN(c3nc4ccccc4c4nnc(-c5ccccc5)n34)CC2)c1. The molecule has 0 saturated carbocycles. The molecule has 3 heterocycles. The Labute approximate surface area is 209 Å². The minimum Gasteiger partial charge on any atom is -0.340 e. The Bertz CT molecular complexity index is 1670. The standard InChI is InChI=1S/C27H26N6O2S/c1-20-9-7-12-22(19-20)36(34,35)32-16-8-15-31(17-18-32)27-28-24-14-6-5-13-23(24)26-30-29-25(33(26)27)21-10-3-2-4-11-21/h2-7,9-14,19H,8,15-18H2,1H3. The van der Waals surface area contributed by atoms with Gasteiger partial charge in [0, 0.05) is 37.1 Å². The minimum absolute atomic E-state index is 0.340. The summed E-state index contributed by atoms with van der Waals surface area (Å²) >= 11 is 0. The van der Waals surface area contributed by atoms with E-state index in [0.29, 0.717) is 43.3 Å². The number of fused-ring (bicyclic) bond motifs is 3. The van der Waals surface area contributed by atoms with Crippen LogP contribution in [0.25, 0.3) is 27.9 Å². The summed E-state index contributed by atoms with van der Waals surface area (Å²) in [5.74, 6) is 1.44. The molecule has 0 N–H and O–H groups in total. The molecule has 5 aromatic rings. The van der Waals surface area contributed by atoms with Crippen molar-refractivity contribution in [2.45, 2.75) is 18.2 Å². The number of sulfonamides is 1. The fraction of sp³-hybridized carbons (Fsp3) is 0.222. The Morgan fingerprint density at radius 3 is 2.44 bits per heavy atom. The fourth-order valence-electron chi connectivity index (χ4n) is 4.81. The second-order valence-corrected chi connectivity index (χ2v) is 11.0. The van der Waals surface area contributed by atoms with E-state index in [9.17, 15) is 8.42 Å². The van der Waals surface area contributed by atoms with Crippen LogP contribution in [0.15, 0.2) is 83.8 Å². The maximum atomic E-state index is 13.4. The second kappa shape index (κ2) is 9.00. The van der Waals surface area contributed by atoms with Crippen LogP contribution in [0.4, 0.5) is 5.95 Å². The van der Waals surface area contributed by atoms with Crippen molar-refractivity contribution in [1.29, 1.82) is 0 Å². The van der Waals surface area contributed by atoms with Gasteiger partial charge < -0.3 is 4.90 Å². The molecular weight excluding hydrogens is 472 g/mol. The molecule has 0 amide bonds. The summed E-state index contributed by atoms with van der Waals surface area (Å²) in [6.07, 6.45) is 0.684. The molecular formula is C27H26N6O2S. The van der Waals surface area contributed by atoms with Gasteiger partial charge in [0.05, 0.1) is 10.4 Å². The molecule has 2 aromatic heterocycles. The number of rotatable bonds is 4. The van der Waals surface area contributed by atoms with Crippen molar-refractivity contribution in [3.63, 3.8) is 0 Å². The molecule has 0 bridgehead atoms. The topological polar surface area (TPSA) is 83.7 Å². The Morgan fingerprint density at radius 2 is 1.61 bits per heavy atom. The van der Waals surface area contributed by atoms with Crippen LogP contribution in [0.3, 0.4) is 0 Å². The van der Waals surface area contributed by atoms with E-state index in [2.05, 4.69) is 15.1 Å². The zero-order valence-corrected chi connectivity index (χ0v) is 20.8. The third kappa shape index (κ3) is 3.90. The summed E-state index contributed by atoms with van der Waals surface area (Å²) < 4.78 is 30.4. The van der Waals surface area contributed by atoms with Crippen LogP contribution in [0.2, 0.25) is 0 Å². The first-order valence-electron chi connectivity index (χ1n) is 12.0. The van der Waals surface area contributed by atoms with Gasteiger partial charge in [0.15, 0.2) is 11.5 Å². The van der Waals surface area contributed by atoms with Crippen LogP contribution in [0.5, 0.6) is 0 Å². The first-order valence-corrected chi connectivity index (χ1v) is 13.5. The number of aromatic nitrogens is 4. The van der Waals surface area contributed by atoms with Gasteiger partial charge >= 0.3 is 0 Å². The Kier molecular flexibility index (Phi) is 5.66. The molecule has 1 aliphatic heterocycles. The molecule has 1 aliphatic rings. The lowest BCUT2D eigenvalue weighted by Gasteiger charge is -2.24. The van der Waals surface area contributed by atoms with Crippen LogP contribution in [0.1, 0.15) is 12.0 Å². The van der Waals surface area contributed by atoms with Gasteiger partial charge in [-0.3, -0.25) is 0 Å². The lowest BCUT2D eigenvalue weighted by atomic mass is 10.2. The van der Waals surface area contributed by atoms with Gasteiger partial charge in [-0.2, -0.15) is 4.31 Å². The van der Waals surface area contributed by atoms with Crippen molar-refractivity contribution in [1.82, 2.24) is 23.9 Å². The van der Waals surface area contributed by atoms with Crippen LogP contribution in [0, 0.1) is 6.92 Å². The third-order valence-electron chi connectivity index (χ3n) is 6.63. The third-order valence-corrected chi connectivity index (χ3v) is 8.52. The lowest BCUT2D eigenvalue weighted by Crippen LogP contribution is -2.36. The number of benzene rings is 3. The van der Waals surface area contributed by atoms with E-state index in [4.69, 9.17) is 4.98 Å². The van der Waals surface area contributed by atoms with E-state index in [1.165, 1.54) is 0 Å². The second-order valence-electron chi connectivity index (χ2n) is 9.04. The van der Waals surface area contributed by atoms with E-state index < -0.39 is 10.0 Å². The first-order chi connectivity index (χ1) is 17.5. The average Bonchev–Trinajstić information content (AvgIpc) is 3.19. The van der Waals surface area contributed by atoms with Gasteiger partial charge in [-0.15, -0.1) is 10.2 Å². The van der Waals surface area contributed by atoms with Gasteiger partial charge in [0.25, 0.3) is 0 Å². The molecule has 1 saturated heterocycles. The van der Waals surface area contributed by atoms with Crippen molar-refractivity contribution in [2.24, 2.45) is 0 Å². The molecule has 0 spiro atoms. The van der Waals surface area contributed by atoms with Gasteiger partial charge in [-0.05, 0) is 43.2 Å². The molecule has 9 heteroatoms. The molecule has 0 unspecified atom stereocenters. The summed E-state index contributed by atoms with van der Waals surface area (Å²) in [5, 5.41) is 10.0. The van der Waals surface area contributed by atoms with Crippen LogP contribution < -0.4 is 4.90 Å². The molecule has 0 aliphatic carbocycles. The van der Waals surface area contributed by atoms with Crippen molar-refractivity contribution >= 4 is 32.5 Å². The highest BCUT2D eigenvalue weighted by molar-refractivity contribution is 7.89. The van der Waals surface area contributed by atoms with Crippen molar-refractivity contribution in [2.75, 3.05) is 31.1 Å². The number of para-hydroxylation sites is 1. The molecule has 0 atom stereocenters. The molecule has 6 rings (SSSR count). The van der Waals surface area contributed by atoms with Crippen LogP contribution in [-0.4, -0.2) is 58.5 Å². The smallest absolute Gasteiger partial charge is 0.243 e. The average molecular weight is 499 g/mol. The molecule has 36 heavy (non-hydrogen) atoms. The Hall–Kier alpha value is -3.82. The van der Waals surface area contributed by atoms with E-state index in [1.54, 1.807) is 22.5 Å².